The van der Waals surface area contributed by atoms with Gasteiger partial charge < -0.3 is 15.1 Å². The number of nitrogens with zero attached hydrogens (tertiary/aromatic N) is 2. The minimum atomic E-state index is 0. The Labute approximate surface area is 191 Å². The van der Waals surface area contributed by atoms with E-state index < -0.39 is 0 Å². The zero-order chi connectivity index (χ0) is 20.1. The van der Waals surface area contributed by atoms with E-state index in [2.05, 4.69) is 85.3 Å². The van der Waals surface area contributed by atoms with E-state index in [9.17, 15) is 0 Å². The molecule has 0 saturated carbocycles. The van der Waals surface area contributed by atoms with Gasteiger partial charge in [-0.05, 0) is 50.7 Å². The predicted octanol–water partition coefficient (Wildman–Crippen LogP) is 6.12. The van der Waals surface area contributed by atoms with Crippen LogP contribution >= 0.6 is 36.4 Å². The predicted molar refractivity (Wildman–Crippen MR) is 134 cm³/mol. The molecule has 0 radical (unpaired) electrons. The third kappa shape index (κ3) is 5.46. The number of likely N-dealkylation sites (N-methyl/N-ethyl adjacent to an activating group) is 1. The fourth-order valence-electron chi connectivity index (χ4n) is 3.68. The molecule has 1 heterocycles. The van der Waals surface area contributed by atoms with Crippen LogP contribution in [0.4, 0.5) is 11.4 Å². The summed E-state index contributed by atoms with van der Waals surface area (Å²) in [6, 6.07) is 15.7. The molecule has 2 aromatic rings. The molecule has 0 spiro atoms. The van der Waals surface area contributed by atoms with Crippen LogP contribution in [0.3, 0.4) is 0 Å². The smallest absolute Gasteiger partial charge is 0.106 e. The van der Waals surface area contributed by atoms with Crippen LogP contribution in [-0.2, 0) is 0 Å². The van der Waals surface area contributed by atoms with E-state index in [1.54, 1.807) is 0 Å². The highest BCUT2D eigenvalue weighted by atomic mass is 35.5. The largest absolute Gasteiger partial charge is 0.376 e. The SMILES string of the molecule is CCCNC(=S)c1ccc2c(c1)N(C(C)CN(CC)CC)c1ccccc1S2.Cl. The van der Waals surface area contributed by atoms with Gasteiger partial charge in [-0.2, -0.15) is 0 Å². The minimum Gasteiger partial charge on any atom is -0.376 e. The lowest BCUT2D eigenvalue weighted by Crippen LogP contribution is -2.41. The Morgan fingerprint density at radius 1 is 1.07 bits per heavy atom. The van der Waals surface area contributed by atoms with Crippen LogP contribution in [-0.4, -0.2) is 42.1 Å². The third-order valence-corrected chi connectivity index (χ3v) is 6.73. The van der Waals surface area contributed by atoms with E-state index in [0.717, 1.165) is 43.2 Å². The van der Waals surface area contributed by atoms with Crippen molar-refractivity contribution in [2.24, 2.45) is 0 Å². The maximum Gasteiger partial charge on any atom is 0.106 e. The molecule has 0 fully saturated rings. The van der Waals surface area contributed by atoms with E-state index in [1.807, 2.05) is 11.8 Å². The molecule has 1 unspecified atom stereocenters. The van der Waals surface area contributed by atoms with E-state index in [1.165, 1.54) is 21.2 Å². The molecule has 158 valence electrons. The molecule has 0 amide bonds. The van der Waals surface area contributed by atoms with Crippen LogP contribution in [0.5, 0.6) is 0 Å². The molecule has 1 aliphatic rings. The van der Waals surface area contributed by atoms with Crippen molar-refractivity contribution in [1.82, 2.24) is 10.2 Å². The van der Waals surface area contributed by atoms with Crippen molar-refractivity contribution in [1.29, 1.82) is 0 Å². The Morgan fingerprint density at radius 2 is 1.76 bits per heavy atom. The number of anilines is 2. The van der Waals surface area contributed by atoms with Crippen molar-refractivity contribution < 1.29 is 0 Å². The second-order valence-corrected chi connectivity index (χ2v) is 8.71. The van der Waals surface area contributed by atoms with E-state index in [4.69, 9.17) is 12.2 Å². The molecule has 1 aliphatic heterocycles. The average Bonchev–Trinajstić information content (AvgIpc) is 2.73. The molecule has 0 aromatic heterocycles. The summed E-state index contributed by atoms with van der Waals surface area (Å²) in [7, 11) is 0. The Hall–Kier alpha value is -1.27. The first-order valence-electron chi connectivity index (χ1n) is 10.3. The van der Waals surface area contributed by atoms with Crippen molar-refractivity contribution in [3.8, 4) is 0 Å². The van der Waals surface area contributed by atoms with E-state index >= 15 is 0 Å². The summed E-state index contributed by atoms with van der Waals surface area (Å²) >= 11 is 7.49. The number of nitrogens with one attached hydrogen (secondary N) is 1. The van der Waals surface area contributed by atoms with Gasteiger partial charge in [-0.15, -0.1) is 12.4 Å². The lowest BCUT2D eigenvalue weighted by Gasteiger charge is -2.39. The van der Waals surface area contributed by atoms with Crippen molar-refractivity contribution in [3.05, 3.63) is 48.0 Å². The quantitative estimate of drug-likeness (QED) is 0.488. The van der Waals surface area contributed by atoms with Crippen LogP contribution in [0.25, 0.3) is 0 Å². The summed E-state index contributed by atoms with van der Waals surface area (Å²) in [5.41, 5.74) is 3.66. The topological polar surface area (TPSA) is 18.5 Å². The van der Waals surface area contributed by atoms with Gasteiger partial charge in [-0.1, -0.05) is 63.0 Å². The highest BCUT2D eigenvalue weighted by Gasteiger charge is 2.28. The van der Waals surface area contributed by atoms with Gasteiger partial charge in [0.15, 0.2) is 0 Å². The number of hydrogen-bond acceptors (Lipinski definition) is 4. The first-order chi connectivity index (χ1) is 13.6. The van der Waals surface area contributed by atoms with Gasteiger partial charge in [0, 0.05) is 34.5 Å². The molecule has 1 atom stereocenters. The zero-order valence-electron chi connectivity index (χ0n) is 17.8. The number of hydrogen-bond donors (Lipinski definition) is 1. The highest BCUT2D eigenvalue weighted by Crippen LogP contribution is 2.49. The Bertz CT molecular complexity index is 824. The highest BCUT2D eigenvalue weighted by molar-refractivity contribution is 7.99. The number of rotatable bonds is 8. The van der Waals surface area contributed by atoms with Crippen LogP contribution in [0.1, 0.15) is 39.7 Å². The Balaban J connectivity index is 0.00000300. The summed E-state index contributed by atoms with van der Waals surface area (Å²) in [5.74, 6) is 0. The molecule has 6 heteroatoms. The van der Waals surface area contributed by atoms with Gasteiger partial charge in [-0.3, -0.25) is 0 Å². The maximum atomic E-state index is 5.64. The fourth-order valence-corrected chi connectivity index (χ4v) is 4.96. The van der Waals surface area contributed by atoms with E-state index in [0.29, 0.717) is 6.04 Å². The number of thiocarbonyl (C=S) groups is 1. The molecule has 29 heavy (non-hydrogen) atoms. The third-order valence-electron chi connectivity index (χ3n) is 5.22. The zero-order valence-corrected chi connectivity index (χ0v) is 20.2. The Morgan fingerprint density at radius 3 is 2.45 bits per heavy atom. The molecule has 0 saturated heterocycles. The average molecular weight is 450 g/mol. The van der Waals surface area contributed by atoms with E-state index in [-0.39, 0.29) is 12.4 Å². The molecule has 2 aromatic carbocycles. The van der Waals surface area contributed by atoms with Gasteiger partial charge >= 0.3 is 0 Å². The molecule has 3 rings (SSSR count). The Kier molecular flexibility index (Phi) is 9.28. The lowest BCUT2D eigenvalue weighted by atomic mass is 10.1. The van der Waals surface area contributed by atoms with Crippen LogP contribution in [0, 0.1) is 0 Å². The van der Waals surface area contributed by atoms with Gasteiger partial charge in [0.05, 0.1) is 11.4 Å². The molecule has 1 N–H and O–H groups in total. The fraction of sp³-hybridized carbons (Fsp3) is 0.435. The van der Waals surface area contributed by atoms with Crippen molar-refractivity contribution in [3.63, 3.8) is 0 Å². The molecular formula is C23H32ClN3S2. The second-order valence-electron chi connectivity index (χ2n) is 7.21. The van der Waals surface area contributed by atoms with Crippen molar-refractivity contribution in [2.45, 2.75) is 49.9 Å². The van der Waals surface area contributed by atoms with Gasteiger partial charge in [0.2, 0.25) is 0 Å². The molecule has 3 nitrogen and oxygen atoms in total. The normalized spacial score (nSPS) is 13.3. The maximum absolute atomic E-state index is 5.64. The van der Waals surface area contributed by atoms with Gasteiger partial charge in [0.25, 0.3) is 0 Å². The summed E-state index contributed by atoms with van der Waals surface area (Å²) in [6.45, 7) is 13.1. The van der Waals surface area contributed by atoms with Crippen LogP contribution in [0.15, 0.2) is 52.3 Å². The first kappa shape index (κ1) is 24.0. The van der Waals surface area contributed by atoms with Crippen LogP contribution in [0.2, 0.25) is 0 Å². The van der Waals surface area contributed by atoms with Crippen molar-refractivity contribution >= 4 is 52.8 Å². The summed E-state index contributed by atoms with van der Waals surface area (Å²) in [4.78, 5) is 8.45. The molecule has 0 aliphatic carbocycles. The van der Waals surface area contributed by atoms with Gasteiger partial charge in [-0.25, -0.2) is 0 Å². The second kappa shape index (κ2) is 11.2. The lowest BCUT2D eigenvalue weighted by molar-refractivity contribution is 0.288. The molecular weight excluding hydrogens is 418 g/mol. The number of fused-ring (bicyclic) bond motifs is 2. The monoisotopic (exact) mass is 449 g/mol. The molecule has 0 bridgehead atoms. The minimum absolute atomic E-state index is 0. The number of benzene rings is 2. The van der Waals surface area contributed by atoms with Crippen LogP contribution < -0.4 is 10.2 Å². The summed E-state index contributed by atoms with van der Waals surface area (Å²) in [6.07, 6.45) is 1.07. The van der Waals surface area contributed by atoms with Gasteiger partial charge in [0.1, 0.15) is 4.99 Å². The van der Waals surface area contributed by atoms with Crippen molar-refractivity contribution in [2.75, 3.05) is 31.1 Å². The summed E-state index contributed by atoms with van der Waals surface area (Å²) in [5, 5.41) is 3.37. The first-order valence-corrected chi connectivity index (χ1v) is 11.5. The summed E-state index contributed by atoms with van der Waals surface area (Å²) < 4.78 is 0. The number of halogens is 1. The number of para-hydroxylation sites is 1. The standard InChI is InChI=1S/C23H31N3S2.ClH/c1-5-14-24-23(27)18-12-13-22-20(15-18)26(17(4)16-25(6-2)7-3)19-10-8-9-11-21(19)28-22;/h8-13,15,17H,5-7,14,16H2,1-4H3,(H,24,27);1H.